The fraction of sp³-hybridized carbons (Fsp3) is 0.125. The predicted octanol–water partition coefficient (Wildman–Crippen LogP) is 3.43. The van der Waals surface area contributed by atoms with E-state index in [0.717, 1.165) is 0 Å². The molecule has 130 valence electrons. The molecule has 1 unspecified atom stereocenters. The van der Waals surface area contributed by atoms with Gasteiger partial charge in [-0.2, -0.15) is 0 Å². The average molecular weight is 410 g/mol. The van der Waals surface area contributed by atoms with Crippen LogP contribution in [-0.2, 0) is 4.79 Å². The number of halogens is 1. The Morgan fingerprint density at radius 2 is 1.84 bits per heavy atom. The number of carbonyl (C=O) groups is 2. The van der Waals surface area contributed by atoms with E-state index in [1.54, 1.807) is 0 Å². The van der Waals surface area contributed by atoms with Crippen molar-refractivity contribution < 1.29 is 29.1 Å². The number of aromatic carboxylic acids is 1. The quantitative estimate of drug-likeness (QED) is 0.336. The molecule has 9 heteroatoms. The molecule has 2 aromatic rings. The van der Waals surface area contributed by atoms with Crippen LogP contribution in [-0.4, -0.2) is 28.1 Å². The molecule has 0 fully saturated rings. The van der Waals surface area contributed by atoms with Crippen molar-refractivity contribution in [2.75, 3.05) is 0 Å². The molecule has 2 rings (SSSR count). The summed E-state index contributed by atoms with van der Waals surface area (Å²) in [6, 6.07) is 9.23. The summed E-state index contributed by atoms with van der Waals surface area (Å²) in [5.74, 6) is -1.39. The highest BCUT2D eigenvalue weighted by Gasteiger charge is 2.19. The second-order valence-corrected chi connectivity index (χ2v) is 5.74. The second kappa shape index (κ2) is 7.75. The molecule has 0 aliphatic rings. The van der Waals surface area contributed by atoms with E-state index in [1.165, 1.54) is 49.4 Å². The van der Waals surface area contributed by atoms with Crippen LogP contribution in [0.25, 0.3) is 0 Å². The molecule has 1 atom stereocenters. The van der Waals surface area contributed by atoms with Gasteiger partial charge in [-0.1, -0.05) is 0 Å². The minimum atomic E-state index is -1.10. The van der Waals surface area contributed by atoms with Crippen LogP contribution in [0, 0.1) is 10.1 Å². The van der Waals surface area contributed by atoms with E-state index in [-0.39, 0.29) is 22.7 Å². The molecule has 25 heavy (non-hydrogen) atoms. The third-order valence-corrected chi connectivity index (χ3v) is 3.70. The smallest absolute Gasteiger partial charge is 0.352 e. The number of carboxylic acid groups (broad SMARTS) is 1. The van der Waals surface area contributed by atoms with Crippen molar-refractivity contribution in [1.82, 2.24) is 0 Å². The Morgan fingerprint density at radius 1 is 1.20 bits per heavy atom. The predicted molar refractivity (Wildman–Crippen MR) is 89.9 cm³/mol. The maximum atomic E-state index is 12.1. The Kier molecular flexibility index (Phi) is 5.71. The van der Waals surface area contributed by atoms with E-state index in [1.807, 2.05) is 0 Å². The first-order valence-electron chi connectivity index (χ1n) is 6.93. The maximum absolute atomic E-state index is 12.1. The molecule has 0 aromatic heterocycles. The molecule has 8 nitrogen and oxygen atoms in total. The number of ether oxygens (including phenoxy) is 2. The van der Waals surface area contributed by atoms with E-state index in [0.29, 0.717) is 4.47 Å². The second-order valence-electron chi connectivity index (χ2n) is 4.88. The van der Waals surface area contributed by atoms with Crippen LogP contribution in [0.1, 0.15) is 17.3 Å². The number of hydrogen-bond acceptors (Lipinski definition) is 6. The Morgan fingerprint density at radius 3 is 2.36 bits per heavy atom. The van der Waals surface area contributed by atoms with Gasteiger partial charge in [-0.15, -0.1) is 0 Å². The van der Waals surface area contributed by atoms with Crippen molar-refractivity contribution in [3.8, 4) is 11.5 Å². The van der Waals surface area contributed by atoms with Gasteiger partial charge in [0.1, 0.15) is 11.5 Å². The van der Waals surface area contributed by atoms with Crippen LogP contribution in [0.5, 0.6) is 11.5 Å². The van der Waals surface area contributed by atoms with Gasteiger partial charge >= 0.3 is 11.9 Å². The summed E-state index contributed by atoms with van der Waals surface area (Å²) in [5, 5.41) is 19.5. The molecule has 0 heterocycles. The Bertz CT molecular complexity index is 820. The number of nitro groups is 1. The van der Waals surface area contributed by atoms with E-state index < -0.39 is 23.0 Å². The highest BCUT2D eigenvalue weighted by molar-refractivity contribution is 9.10. The summed E-state index contributed by atoms with van der Waals surface area (Å²) in [5.41, 5.74) is -0.0492. The molecular weight excluding hydrogens is 398 g/mol. The number of carboxylic acids is 1. The number of nitrogens with zero attached hydrogens (tertiary/aromatic N) is 1. The van der Waals surface area contributed by atoms with Gasteiger partial charge in [0, 0.05) is 12.1 Å². The minimum absolute atomic E-state index is 0.0434. The van der Waals surface area contributed by atoms with Gasteiger partial charge < -0.3 is 14.6 Å². The van der Waals surface area contributed by atoms with E-state index >= 15 is 0 Å². The lowest BCUT2D eigenvalue weighted by atomic mass is 10.2. The lowest BCUT2D eigenvalue weighted by molar-refractivity contribution is -0.384. The molecule has 0 bridgehead atoms. The number of nitro benzene ring substituents is 1. The van der Waals surface area contributed by atoms with E-state index in [9.17, 15) is 19.7 Å². The topological polar surface area (TPSA) is 116 Å². The molecule has 0 saturated carbocycles. The Balaban J connectivity index is 2.02. The highest BCUT2D eigenvalue weighted by atomic mass is 79.9. The third kappa shape index (κ3) is 4.77. The van der Waals surface area contributed by atoms with E-state index in [4.69, 9.17) is 14.6 Å². The van der Waals surface area contributed by atoms with Crippen molar-refractivity contribution in [3.63, 3.8) is 0 Å². The lowest BCUT2D eigenvalue weighted by Crippen LogP contribution is -2.28. The van der Waals surface area contributed by atoms with Gasteiger partial charge in [0.05, 0.1) is 15.0 Å². The third-order valence-electron chi connectivity index (χ3n) is 3.08. The molecular formula is C16H12BrNO7. The molecule has 0 spiro atoms. The zero-order chi connectivity index (χ0) is 18.6. The molecule has 0 aliphatic heterocycles. The summed E-state index contributed by atoms with van der Waals surface area (Å²) in [6.45, 7) is 1.46. The number of benzene rings is 2. The fourth-order valence-corrected chi connectivity index (χ4v) is 2.27. The number of rotatable bonds is 6. The Labute approximate surface area is 150 Å². The summed E-state index contributed by atoms with van der Waals surface area (Å²) < 4.78 is 10.9. The highest BCUT2D eigenvalue weighted by Crippen LogP contribution is 2.27. The first-order valence-corrected chi connectivity index (χ1v) is 7.73. The molecule has 0 amide bonds. The monoisotopic (exact) mass is 409 g/mol. The normalized spacial score (nSPS) is 11.4. The van der Waals surface area contributed by atoms with Crippen molar-refractivity contribution in [3.05, 3.63) is 62.6 Å². The van der Waals surface area contributed by atoms with Gasteiger partial charge in [-0.05, 0) is 53.2 Å². The fourth-order valence-electron chi connectivity index (χ4n) is 1.81. The van der Waals surface area contributed by atoms with Crippen LogP contribution < -0.4 is 9.47 Å². The first kappa shape index (κ1) is 18.4. The summed E-state index contributed by atoms with van der Waals surface area (Å²) in [4.78, 5) is 33.0. The van der Waals surface area contributed by atoms with Crippen LogP contribution in [0.3, 0.4) is 0 Å². The molecule has 1 N–H and O–H groups in total. The molecule has 2 aromatic carbocycles. The maximum Gasteiger partial charge on any atom is 0.352 e. The number of esters is 1. The van der Waals surface area contributed by atoms with Gasteiger partial charge in [-0.3, -0.25) is 10.1 Å². The average Bonchev–Trinajstić information content (AvgIpc) is 2.56. The zero-order valence-electron chi connectivity index (χ0n) is 12.8. The number of non-ortho nitro benzene ring substituents is 1. The van der Waals surface area contributed by atoms with Crippen molar-refractivity contribution in [2.45, 2.75) is 13.0 Å². The van der Waals surface area contributed by atoms with Gasteiger partial charge in [0.15, 0.2) is 6.10 Å². The SMILES string of the molecule is CC(Oc1ccc([N+](=O)[O-])cc1)C(=O)Oc1ccc(C(=O)O)cc1Br. The van der Waals surface area contributed by atoms with Gasteiger partial charge in [-0.25, -0.2) is 9.59 Å². The summed E-state index contributed by atoms with van der Waals surface area (Å²) in [7, 11) is 0. The van der Waals surface area contributed by atoms with Crippen molar-refractivity contribution in [1.29, 1.82) is 0 Å². The zero-order valence-corrected chi connectivity index (χ0v) is 14.4. The number of hydrogen-bond donors (Lipinski definition) is 1. The Hall–Kier alpha value is -2.94. The standard InChI is InChI=1S/C16H12BrNO7/c1-9(24-12-5-3-11(4-6-12)18(22)23)16(21)25-14-7-2-10(15(19)20)8-13(14)17/h2-9H,1H3,(H,19,20). The van der Waals surface area contributed by atoms with Gasteiger partial charge in [0.25, 0.3) is 5.69 Å². The van der Waals surface area contributed by atoms with Crippen LogP contribution in [0.4, 0.5) is 5.69 Å². The molecule has 0 radical (unpaired) electrons. The molecule has 0 saturated heterocycles. The molecule has 0 aliphatic carbocycles. The van der Waals surface area contributed by atoms with Gasteiger partial charge in [0.2, 0.25) is 0 Å². The van der Waals surface area contributed by atoms with Crippen LogP contribution in [0.15, 0.2) is 46.9 Å². The first-order chi connectivity index (χ1) is 11.8. The van der Waals surface area contributed by atoms with Crippen LogP contribution in [0.2, 0.25) is 0 Å². The lowest BCUT2D eigenvalue weighted by Gasteiger charge is -2.14. The number of carbonyl (C=O) groups excluding carboxylic acids is 1. The van der Waals surface area contributed by atoms with E-state index in [2.05, 4.69) is 15.9 Å². The summed E-state index contributed by atoms with van der Waals surface area (Å²) >= 11 is 3.14. The van der Waals surface area contributed by atoms with Crippen molar-refractivity contribution in [2.24, 2.45) is 0 Å². The van der Waals surface area contributed by atoms with Crippen LogP contribution >= 0.6 is 15.9 Å². The minimum Gasteiger partial charge on any atom is -0.479 e. The summed E-state index contributed by atoms with van der Waals surface area (Å²) in [6.07, 6.45) is -0.979. The van der Waals surface area contributed by atoms with Crippen molar-refractivity contribution >= 4 is 33.6 Å². The largest absolute Gasteiger partial charge is 0.479 e.